The molecule has 210 valence electrons. The van der Waals surface area contributed by atoms with Crippen LogP contribution in [0.3, 0.4) is 0 Å². The van der Waals surface area contributed by atoms with Crippen molar-refractivity contribution in [2.24, 2.45) is 0 Å². The molecule has 0 aliphatic heterocycles. The molecule has 0 atom stereocenters. The molecule has 0 radical (unpaired) electrons. The van der Waals surface area contributed by atoms with E-state index >= 15 is 0 Å². The Labute approximate surface area is 269 Å². The van der Waals surface area contributed by atoms with Gasteiger partial charge in [0.1, 0.15) is 5.75 Å². The Bertz CT molecular complexity index is 1810. The van der Waals surface area contributed by atoms with Crippen molar-refractivity contribution in [2.75, 3.05) is 21.3 Å². The maximum atomic E-state index is 5.52. The molecular weight excluding hydrogens is 596 g/mol. The van der Waals surface area contributed by atoms with Gasteiger partial charge in [-0.05, 0) is 46.0 Å². The van der Waals surface area contributed by atoms with Gasteiger partial charge in [-0.1, -0.05) is 78.7 Å². The van der Waals surface area contributed by atoms with E-state index in [1.807, 2.05) is 12.1 Å². The molecule has 4 heteroatoms. The number of fused-ring (bicyclic) bond motifs is 5. The summed E-state index contributed by atoms with van der Waals surface area (Å²) in [5, 5.41) is 5.30. The molecule has 0 bridgehead atoms. The summed E-state index contributed by atoms with van der Waals surface area (Å²) in [6, 6.07) is 37.5. The number of hydrogen-bond acceptors (Lipinski definition) is 3. The van der Waals surface area contributed by atoms with Crippen molar-refractivity contribution in [2.45, 2.75) is 13.3 Å². The van der Waals surface area contributed by atoms with E-state index in [4.69, 9.17) is 14.2 Å². The summed E-state index contributed by atoms with van der Waals surface area (Å²) in [6.45, 7) is 2.18. The molecule has 6 aromatic rings. The van der Waals surface area contributed by atoms with Crippen molar-refractivity contribution in [1.82, 2.24) is 0 Å². The van der Waals surface area contributed by atoms with Gasteiger partial charge in [0.15, 0.2) is 0 Å². The monoisotopic (exact) mass is 630 g/mol. The summed E-state index contributed by atoms with van der Waals surface area (Å²) >= 11 is 0. The van der Waals surface area contributed by atoms with Gasteiger partial charge in [-0.3, -0.25) is 0 Å². The van der Waals surface area contributed by atoms with Crippen LogP contribution >= 0.6 is 0 Å². The Morgan fingerprint density at radius 2 is 1.55 bits per heavy atom. The molecule has 7 rings (SSSR count). The first-order valence-electron chi connectivity index (χ1n) is 13.1. The van der Waals surface area contributed by atoms with Crippen LogP contribution in [0.15, 0.2) is 97.1 Å². The molecule has 1 aliphatic rings. The van der Waals surface area contributed by atoms with Gasteiger partial charge in [-0.15, -0.1) is 34.5 Å². The van der Waals surface area contributed by atoms with Gasteiger partial charge in [-0.2, -0.15) is 17.7 Å². The van der Waals surface area contributed by atoms with Crippen molar-refractivity contribution < 1.29 is 40.4 Å². The SMILES string of the molecule is COc1ccc2c(c1)Cc1[c-]cc(OC)c(OC)c1-2.Cc1c[cH-]c2ccc(-c3cccc4ccccc34)cc12.[CH3-].[CH3-].[Zr+4]. The minimum atomic E-state index is 0. The predicted octanol–water partition coefficient (Wildman–Crippen LogP) is 9.67. The summed E-state index contributed by atoms with van der Waals surface area (Å²) in [5.74, 6) is 2.36. The first kappa shape index (κ1) is 32.8. The maximum absolute atomic E-state index is 5.52. The van der Waals surface area contributed by atoms with E-state index in [1.165, 1.54) is 49.4 Å². The van der Waals surface area contributed by atoms with E-state index < -0.39 is 0 Å². The van der Waals surface area contributed by atoms with Crippen LogP contribution in [0.4, 0.5) is 0 Å². The Balaban J connectivity index is 0.000000215. The molecule has 42 heavy (non-hydrogen) atoms. The second kappa shape index (κ2) is 13.9. The van der Waals surface area contributed by atoms with Crippen molar-refractivity contribution in [1.29, 1.82) is 0 Å². The molecule has 0 unspecified atom stereocenters. The summed E-state index contributed by atoms with van der Waals surface area (Å²) in [6.07, 6.45) is 0.849. The maximum Gasteiger partial charge on any atom is 4.00 e. The third kappa shape index (κ3) is 5.92. The number of benzene rings is 5. The number of aryl methyl sites for hydroxylation is 1. The van der Waals surface area contributed by atoms with E-state index in [9.17, 15) is 0 Å². The van der Waals surface area contributed by atoms with Crippen LogP contribution < -0.4 is 14.2 Å². The molecule has 0 heterocycles. The molecular formula is C38H36O3Zr. The molecule has 1 aliphatic carbocycles. The number of rotatable bonds is 4. The first-order valence-corrected chi connectivity index (χ1v) is 13.1. The molecule has 0 N–H and O–H groups in total. The van der Waals surface area contributed by atoms with Gasteiger partial charge < -0.3 is 29.1 Å². The molecule has 0 aromatic heterocycles. The molecule has 0 spiro atoms. The Morgan fingerprint density at radius 1 is 0.762 bits per heavy atom. The second-order valence-electron chi connectivity index (χ2n) is 9.79. The van der Waals surface area contributed by atoms with Crippen LogP contribution in [0.5, 0.6) is 17.2 Å². The number of hydrogen-bond donors (Lipinski definition) is 0. The van der Waals surface area contributed by atoms with Gasteiger partial charge >= 0.3 is 26.2 Å². The van der Waals surface area contributed by atoms with E-state index in [0.717, 1.165) is 29.0 Å². The van der Waals surface area contributed by atoms with E-state index in [-0.39, 0.29) is 41.1 Å². The van der Waals surface area contributed by atoms with Crippen LogP contribution in [0.2, 0.25) is 0 Å². The minimum Gasteiger partial charge on any atom is -0.551 e. The number of ether oxygens (including phenoxy) is 3. The second-order valence-corrected chi connectivity index (χ2v) is 9.79. The van der Waals surface area contributed by atoms with Crippen molar-refractivity contribution in [3.63, 3.8) is 0 Å². The van der Waals surface area contributed by atoms with Crippen LogP contribution in [-0.2, 0) is 32.6 Å². The van der Waals surface area contributed by atoms with Crippen molar-refractivity contribution in [3.05, 3.63) is 135 Å². The van der Waals surface area contributed by atoms with Crippen LogP contribution in [0.1, 0.15) is 16.7 Å². The summed E-state index contributed by atoms with van der Waals surface area (Å²) in [4.78, 5) is 0. The number of methoxy groups -OCH3 is 3. The fourth-order valence-electron chi connectivity index (χ4n) is 5.60. The molecule has 0 amide bonds. The van der Waals surface area contributed by atoms with E-state index in [0.29, 0.717) is 5.75 Å². The largest absolute Gasteiger partial charge is 4.00 e. The average Bonchev–Trinajstić information content (AvgIpc) is 3.55. The van der Waals surface area contributed by atoms with E-state index in [2.05, 4.69) is 97.9 Å². The van der Waals surface area contributed by atoms with Crippen LogP contribution in [0, 0.1) is 27.8 Å². The molecule has 3 nitrogen and oxygen atoms in total. The Kier molecular flexibility index (Phi) is 10.9. The van der Waals surface area contributed by atoms with Gasteiger partial charge in [0.2, 0.25) is 0 Å². The first-order chi connectivity index (χ1) is 19.1. The molecule has 0 fully saturated rings. The summed E-state index contributed by atoms with van der Waals surface area (Å²) < 4.78 is 16.1. The average molecular weight is 632 g/mol. The third-order valence-corrected chi connectivity index (χ3v) is 7.59. The molecule has 0 saturated heterocycles. The Morgan fingerprint density at radius 3 is 2.31 bits per heavy atom. The molecule has 0 saturated carbocycles. The van der Waals surface area contributed by atoms with Gasteiger partial charge in [-0.25, -0.2) is 0 Å². The molecule has 6 aromatic carbocycles. The normalized spacial score (nSPS) is 10.7. The Hall–Kier alpha value is -3.75. The third-order valence-electron chi connectivity index (χ3n) is 7.59. The fraction of sp³-hybridized carbons (Fsp3) is 0.132. The van der Waals surface area contributed by atoms with Gasteiger partial charge in [0, 0.05) is 5.75 Å². The quantitative estimate of drug-likeness (QED) is 0.181. The van der Waals surface area contributed by atoms with Crippen LogP contribution in [0.25, 0.3) is 43.8 Å². The minimum absolute atomic E-state index is 0. The summed E-state index contributed by atoms with van der Waals surface area (Å²) in [7, 11) is 4.99. The zero-order chi connectivity index (χ0) is 26.9. The standard InChI is InChI=1S/C20H15.C16H15O3.2CH3.Zr/c1-14-9-10-16-11-12-17(13-20(14)16)19-8-4-6-15-5-2-3-7-18(15)19;1-17-12-5-6-13-11(9-12)8-10-4-7-14(18-2)16(19-3)15(10)13;;;/h2-13H,1H3;5-7,9H,8H2,1-3H3;2*1H3;/q4*-1;+4. The van der Waals surface area contributed by atoms with Crippen LogP contribution in [-0.4, -0.2) is 21.3 Å². The van der Waals surface area contributed by atoms with Gasteiger partial charge in [0.25, 0.3) is 0 Å². The fourth-order valence-corrected chi connectivity index (χ4v) is 5.60. The predicted molar refractivity (Wildman–Crippen MR) is 173 cm³/mol. The zero-order valence-electron chi connectivity index (χ0n) is 25.2. The zero-order valence-corrected chi connectivity index (χ0v) is 27.6. The van der Waals surface area contributed by atoms with Crippen molar-refractivity contribution in [3.8, 4) is 39.5 Å². The topological polar surface area (TPSA) is 27.7 Å². The van der Waals surface area contributed by atoms with Gasteiger partial charge in [0.05, 0.1) is 27.1 Å². The van der Waals surface area contributed by atoms with Crippen molar-refractivity contribution >= 4 is 21.5 Å². The van der Waals surface area contributed by atoms with E-state index in [1.54, 1.807) is 21.3 Å². The summed E-state index contributed by atoms with van der Waals surface area (Å²) in [5.41, 5.74) is 8.58. The smallest absolute Gasteiger partial charge is 0.551 e.